The molecule has 0 radical (unpaired) electrons. The van der Waals surface area contributed by atoms with Crippen LogP contribution in [0.5, 0.6) is 0 Å². The molecular weight excluding hydrogens is 466 g/mol. The van der Waals surface area contributed by atoms with E-state index in [1.165, 1.54) is 18.0 Å². The fourth-order valence-electron chi connectivity index (χ4n) is 3.43. The second-order valence-electron chi connectivity index (χ2n) is 7.78. The lowest BCUT2D eigenvalue weighted by molar-refractivity contribution is 0.0533. The Labute approximate surface area is 199 Å². The molecule has 0 fully saturated rings. The van der Waals surface area contributed by atoms with Crippen molar-refractivity contribution in [3.8, 4) is 0 Å². The standard InChI is InChI=1S/C22H26F2N6O5/c1-12(2)18-17(28-22(33)35-7-5-4-6-31)10-30-19(18)20(25-11-26-30)27-16-8-13(21(32)29-34-3)14(23)9-15(16)24/h8-12,31H,4-7H2,1-3H3,(H,28,33)(H,29,32)(H,25,26,27). The summed E-state index contributed by atoms with van der Waals surface area (Å²) in [6, 6.07) is 1.57. The van der Waals surface area contributed by atoms with E-state index in [9.17, 15) is 18.4 Å². The van der Waals surface area contributed by atoms with Crippen LogP contribution in [-0.2, 0) is 9.57 Å². The third kappa shape index (κ3) is 6.00. The van der Waals surface area contributed by atoms with Crippen LogP contribution in [0.25, 0.3) is 5.52 Å². The number of unbranched alkanes of at least 4 members (excludes halogenated alkanes) is 1. The quantitative estimate of drug-likeness (QED) is 0.249. The molecule has 0 saturated heterocycles. The summed E-state index contributed by atoms with van der Waals surface area (Å²) < 4.78 is 35.3. The summed E-state index contributed by atoms with van der Waals surface area (Å²) in [6.45, 7) is 3.92. The van der Waals surface area contributed by atoms with Crippen molar-refractivity contribution < 1.29 is 33.1 Å². The zero-order valence-electron chi connectivity index (χ0n) is 19.4. The molecule has 2 amide bonds. The van der Waals surface area contributed by atoms with Gasteiger partial charge in [0.25, 0.3) is 5.91 Å². The zero-order chi connectivity index (χ0) is 25.5. The Morgan fingerprint density at radius 2 is 1.94 bits per heavy atom. The topological polar surface area (TPSA) is 139 Å². The maximum atomic E-state index is 14.6. The van der Waals surface area contributed by atoms with Gasteiger partial charge in [-0.2, -0.15) is 5.10 Å². The highest BCUT2D eigenvalue weighted by atomic mass is 19.1. The van der Waals surface area contributed by atoms with Crippen LogP contribution < -0.4 is 16.1 Å². The van der Waals surface area contributed by atoms with Crippen LogP contribution in [0.4, 0.5) is 30.8 Å². The molecule has 188 valence electrons. The first-order valence-corrected chi connectivity index (χ1v) is 10.8. The number of aliphatic hydroxyl groups is 1. The molecule has 0 spiro atoms. The van der Waals surface area contributed by atoms with Crippen LogP contribution in [0.2, 0.25) is 0 Å². The van der Waals surface area contributed by atoms with Crippen molar-refractivity contribution in [1.29, 1.82) is 0 Å². The summed E-state index contributed by atoms with van der Waals surface area (Å²) in [5.74, 6) is -2.87. The van der Waals surface area contributed by atoms with Crippen molar-refractivity contribution in [3.63, 3.8) is 0 Å². The summed E-state index contributed by atoms with van der Waals surface area (Å²) in [7, 11) is 1.19. The number of carbonyl (C=O) groups is 2. The number of rotatable bonds is 10. The monoisotopic (exact) mass is 492 g/mol. The second kappa shape index (κ2) is 11.5. The van der Waals surface area contributed by atoms with Gasteiger partial charge in [0.1, 0.15) is 23.5 Å². The lowest BCUT2D eigenvalue weighted by Crippen LogP contribution is -2.23. The van der Waals surface area contributed by atoms with E-state index in [4.69, 9.17) is 9.84 Å². The van der Waals surface area contributed by atoms with E-state index in [0.29, 0.717) is 35.7 Å². The maximum absolute atomic E-state index is 14.6. The number of benzene rings is 1. The van der Waals surface area contributed by atoms with Crippen LogP contribution in [0.15, 0.2) is 24.7 Å². The average molecular weight is 492 g/mol. The highest BCUT2D eigenvalue weighted by Crippen LogP contribution is 2.35. The summed E-state index contributed by atoms with van der Waals surface area (Å²) in [5.41, 5.74) is 2.83. The molecule has 3 rings (SSSR count). The summed E-state index contributed by atoms with van der Waals surface area (Å²) in [4.78, 5) is 33.0. The van der Waals surface area contributed by atoms with Gasteiger partial charge in [-0.1, -0.05) is 13.8 Å². The van der Waals surface area contributed by atoms with Gasteiger partial charge in [-0.15, -0.1) is 0 Å². The number of anilines is 3. The van der Waals surface area contributed by atoms with Crippen LogP contribution in [-0.4, -0.2) is 52.0 Å². The minimum absolute atomic E-state index is 0.00893. The molecule has 0 aliphatic heterocycles. The fraction of sp³-hybridized carbons (Fsp3) is 0.364. The number of nitrogens with zero attached hydrogens (tertiary/aromatic N) is 3. The van der Waals surface area contributed by atoms with E-state index in [-0.39, 0.29) is 30.6 Å². The Bertz CT molecular complexity index is 1220. The van der Waals surface area contributed by atoms with Crippen molar-refractivity contribution in [2.75, 3.05) is 31.0 Å². The van der Waals surface area contributed by atoms with Gasteiger partial charge in [-0.25, -0.2) is 28.6 Å². The maximum Gasteiger partial charge on any atom is 0.411 e. The van der Waals surface area contributed by atoms with E-state index in [2.05, 4.69) is 25.6 Å². The van der Waals surface area contributed by atoms with Gasteiger partial charge in [0.2, 0.25) is 0 Å². The predicted molar refractivity (Wildman–Crippen MR) is 122 cm³/mol. The normalized spacial score (nSPS) is 11.1. The van der Waals surface area contributed by atoms with Crippen molar-refractivity contribution in [2.24, 2.45) is 0 Å². The first-order valence-electron chi connectivity index (χ1n) is 10.8. The summed E-state index contributed by atoms with van der Waals surface area (Å²) >= 11 is 0. The fourth-order valence-corrected chi connectivity index (χ4v) is 3.43. The molecule has 2 aromatic heterocycles. The summed E-state index contributed by atoms with van der Waals surface area (Å²) in [6.07, 6.45) is 3.13. The van der Waals surface area contributed by atoms with Gasteiger partial charge in [-0.3, -0.25) is 14.9 Å². The second-order valence-corrected chi connectivity index (χ2v) is 7.78. The Hall–Kier alpha value is -3.84. The van der Waals surface area contributed by atoms with Crippen LogP contribution in [0.1, 0.15) is 48.5 Å². The largest absolute Gasteiger partial charge is 0.449 e. The highest BCUT2D eigenvalue weighted by Gasteiger charge is 2.22. The van der Waals surface area contributed by atoms with Crippen molar-refractivity contribution in [3.05, 3.63) is 47.4 Å². The highest BCUT2D eigenvalue weighted by molar-refractivity contribution is 5.95. The van der Waals surface area contributed by atoms with E-state index >= 15 is 0 Å². The van der Waals surface area contributed by atoms with Gasteiger partial charge < -0.3 is 15.2 Å². The molecule has 0 saturated carbocycles. The van der Waals surface area contributed by atoms with Crippen molar-refractivity contribution in [2.45, 2.75) is 32.6 Å². The first-order chi connectivity index (χ1) is 16.8. The van der Waals surface area contributed by atoms with Crippen molar-refractivity contribution in [1.82, 2.24) is 20.1 Å². The van der Waals surface area contributed by atoms with Crippen molar-refractivity contribution >= 4 is 34.7 Å². The van der Waals surface area contributed by atoms with Crippen LogP contribution in [0, 0.1) is 11.6 Å². The molecule has 1 aromatic carbocycles. The predicted octanol–water partition coefficient (Wildman–Crippen LogP) is 3.49. The average Bonchev–Trinajstić information content (AvgIpc) is 3.17. The third-order valence-corrected chi connectivity index (χ3v) is 4.96. The molecule has 2 heterocycles. The Kier molecular flexibility index (Phi) is 8.49. The number of halogens is 2. The smallest absolute Gasteiger partial charge is 0.411 e. The number of amides is 2. The number of nitrogens with one attached hydrogen (secondary N) is 3. The SMILES string of the molecule is CONC(=O)c1cc(Nc2ncnn3cc(NC(=O)OCCCCO)c(C(C)C)c23)c(F)cc1F. The molecule has 0 aliphatic carbocycles. The molecule has 4 N–H and O–H groups in total. The molecule has 0 atom stereocenters. The van der Waals surface area contributed by atoms with Crippen LogP contribution in [0.3, 0.4) is 0 Å². The number of aliphatic hydroxyl groups excluding tert-OH is 1. The Balaban J connectivity index is 1.97. The molecule has 0 bridgehead atoms. The third-order valence-electron chi connectivity index (χ3n) is 4.96. The van der Waals surface area contributed by atoms with E-state index in [1.807, 2.05) is 19.3 Å². The summed E-state index contributed by atoms with van der Waals surface area (Å²) in [5, 5.41) is 18.5. The molecule has 3 aromatic rings. The number of hydrogen-bond acceptors (Lipinski definition) is 8. The molecule has 35 heavy (non-hydrogen) atoms. The lowest BCUT2D eigenvalue weighted by Gasteiger charge is -2.13. The number of hydrogen-bond donors (Lipinski definition) is 4. The van der Waals surface area contributed by atoms with Gasteiger partial charge >= 0.3 is 6.09 Å². The molecule has 0 aliphatic rings. The van der Waals surface area contributed by atoms with Gasteiger partial charge in [-0.05, 0) is 24.8 Å². The number of ether oxygens (including phenoxy) is 1. The zero-order valence-corrected chi connectivity index (χ0v) is 19.4. The molecular formula is C22H26F2N6O5. The van der Waals surface area contributed by atoms with E-state index in [1.54, 1.807) is 6.20 Å². The first kappa shape index (κ1) is 25.8. The number of aromatic nitrogens is 3. The van der Waals surface area contributed by atoms with E-state index in [0.717, 1.165) is 6.07 Å². The number of fused-ring (bicyclic) bond motifs is 1. The van der Waals surface area contributed by atoms with E-state index < -0.39 is 29.2 Å². The van der Waals surface area contributed by atoms with Gasteiger partial charge in [0.15, 0.2) is 5.82 Å². The minimum atomic E-state index is -1.06. The van der Waals surface area contributed by atoms with Crippen LogP contribution >= 0.6 is 0 Å². The lowest BCUT2D eigenvalue weighted by atomic mass is 10.0. The minimum Gasteiger partial charge on any atom is -0.449 e. The Morgan fingerprint density at radius 3 is 2.63 bits per heavy atom. The van der Waals surface area contributed by atoms with Gasteiger partial charge in [0.05, 0.1) is 36.9 Å². The molecule has 0 unspecified atom stereocenters. The number of hydroxylamine groups is 1. The number of carbonyl (C=O) groups excluding carboxylic acids is 2. The Morgan fingerprint density at radius 1 is 1.17 bits per heavy atom. The molecule has 11 nitrogen and oxygen atoms in total. The molecule has 13 heteroatoms. The van der Waals surface area contributed by atoms with Gasteiger partial charge in [0, 0.05) is 18.2 Å².